The lowest BCUT2D eigenvalue weighted by Crippen LogP contribution is -2.50. The number of aliphatic hydroxyl groups is 1. The number of rotatable bonds is 5. The van der Waals surface area contributed by atoms with E-state index in [0.29, 0.717) is 5.92 Å². The number of carbonyl (C=O) groups is 1. The van der Waals surface area contributed by atoms with Crippen molar-refractivity contribution in [3.05, 3.63) is 24.5 Å². The van der Waals surface area contributed by atoms with E-state index in [1.165, 1.54) is 5.69 Å². The highest BCUT2D eigenvalue weighted by atomic mass is 16.3. The van der Waals surface area contributed by atoms with Gasteiger partial charge in [-0.3, -0.25) is 4.98 Å². The van der Waals surface area contributed by atoms with Crippen molar-refractivity contribution in [3.8, 4) is 0 Å². The number of pyridine rings is 1. The first kappa shape index (κ1) is 18.0. The maximum absolute atomic E-state index is 12.2. The third-order valence-corrected chi connectivity index (χ3v) is 5.94. The van der Waals surface area contributed by atoms with Gasteiger partial charge in [0.15, 0.2) is 0 Å². The van der Waals surface area contributed by atoms with E-state index in [0.717, 1.165) is 51.7 Å². The first-order valence-electron chi connectivity index (χ1n) is 9.41. The number of nitrogens with one attached hydrogen (secondary N) is 2. The Bertz CT molecular complexity index is 560. The minimum Gasteiger partial charge on any atom is -0.396 e. The first-order chi connectivity index (χ1) is 12.1. The van der Waals surface area contributed by atoms with Gasteiger partial charge in [-0.15, -0.1) is 0 Å². The van der Waals surface area contributed by atoms with Gasteiger partial charge in [0.1, 0.15) is 0 Å². The molecule has 2 atom stereocenters. The second-order valence-electron chi connectivity index (χ2n) is 7.75. The number of aliphatic hydroxyl groups excluding tert-OH is 1. The standard InChI is InChI=1S/C19H30N4O2/c1-19(14-24)8-2-3-17(19)22-18(25)21-13-15-6-11-23(12-7-15)16-4-9-20-10-5-16/h4-5,9-10,15,17,24H,2-3,6-8,11-14H2,1H3,(H2,21,22,25). The van der Waals surface area contributed by atoms with Crippen LogP contribution >= 0.6 is 0 Å². The predicted molar refractivity (Wildman–Crippen MR) is 98.5 cm³/mol. The number of urea groups is 1. The summed E-state index contributed by atoms with van der Waals surface area (Å²) in [6.45, 7) is 4.94. The van der Waals surface area contributed by atoms with Gasteiger partial charge in [0.05, 0.1) is 6.61 Å². The molecule has 1 aliphatic heterocycles. The second kappa shape index (κ2) is 8.04. The van der Waals surface area contributed by atoms with E-state index in [1.54, 1.807) is 0 Å². The quantitative estimate of drug-likeness (QED) is 0.763. The molecule has 3 rings (SSSR count). The van der Waals surface area contributed by atoms with Crippen LogP contribution < -0.4 is 15.5 Å². The molecule has 0 bridgehead atoms. The summed E-state index contributed by atoms with van der Waals surface area (Å²) in [6, 6.07) is 4.08. The van der Waals surface area contributed by atoms with E-state index < -0.39 is 0 Å². The summed E-state index contributed by atoms with van der Waals surface area (Å²) in [7, 11) is 0. The Hall–Kier alpha value is -1.82. The molecule has 1 aromatic heterocycles. The van der Waals surface area contributed by atoms with Crippen LogP contribution in [0, 0.1) is 11.3 Å². The van der Waals surface area contributed by atoms with Crippen molar-refractivity contribution in [2.45, 2.75) is 45.1 Å². The molecule has 1 aromatic rings. The van der Waals surface area contributed by atoms with Gasteiger partial charge in [-0.25, -0.2) is 4.79 Å². The monoisotopic (exact) mass is 346 g/mol. The van der Waals surface area contributed by atoms with Crippen molar-refractivity contribution < 1.29 is 9.90 Å². The fraction of sp³-hybridized carbons (Fsp3) is 0.684. The molecule has 0 spiro atoms. The Morgan fingerprint density at radius 1 is 1.32 bits per heavy atom. The molecule has 138 valence electrons. The van der Waals surface area contributed by atoms with Gasteiger partial charge in [0, 0.05) is 49.2 Å². The topological polar surface area (TPSA) is 77.5 Å². The second-order valence-corrected chi connectivity index (χ2v) is 7.75. The number of amides is 2. The zero-order valence-electron chi connectivity index (χ0n) is 15.1. The third-order valence-electron chi connectivity index (χ3n) is 5.94. The van der Waals surface area contributed by atoms with E-state index in [9.17, 15) is 9.90 Å². The molecule has 6 heteroatoms. The molecule has 1 saturated heterocycles. The van der Waals surface area contributed by atoms with Crippen LogP contribution in [-0.4, -0.2) is 48.4 Å². The lowest BCUT2D eigenvalue weighted by atomic mass is 9.86. The van der Waals surface area contributed by atoms with Gasteiger partial charge in [0.25, 0.3) is 0 Å². The molecule has 2 fully saturated rings. The molecule has 2 heterocycles. The summed E-state index contributed by atoms with van der Waals surface area (Å²) >= 11 is 0. The number of aromatic nitrogens is 1. The Kier molecular flexibility index (Phi) is 5.78. The largest absolute Gasteiger partial charge is 0.396 e. The Morgan fingerprint density at radius 3 is 2.72 bits per heavy atom. The van der Waals surface area contributed by atoms with Crippen molar-refractivity contribution >= 4 is 11.7 Å². The maximum Gasteiger partial charge on any atom is 0.315 e. The SMILES string of the molecule is CC1(CO)CCCC1NC(=O)NCC1CCN(c2ccncc2)CC1. The Morgan fingerprint density at radius 2 is 2.04 bits per heavy atom. The molecule has 25 heavy (non-hydrogen) atoms. The maximum atomic E-state index is 12.2. The van der Waals surface area contributed by atoms with Crippen LogP contribution in [0.15, 0.2) is 24.5 Å². The molecular weight excluding hydrogens is 316 g/mol. The van der Waals surface area contributed by atoms with Crippen LogP contribution in [0.4, 0.5) is 10.5 Å². The fourth-order valence-corrected chi connectivity index (χ4v) is 4.06. The van der Waals surface area contributed by atoms with Gasteiger partial charge in [-0.1, -0.05) is 13.3 Å². The van der Waals surface area contributed by atoms with Crippen LogP contribution in [0.2, 0.25) is 0 Å². The smallest absolute Gasteiger partial charge is 0.315 e. The molecule has 2 unspecified atom stereocenters. The number of hydrogen-bond donors (Lipinski definition) is 3. The van der Waals surface area contributed by atoms with Gasteiger partial charge in [0.2, 0.25) is 0 Å². The van der Waals surface area contributed by atoms with Crippen molar-refractivity contribution in [3.63, 3.8) is 0 Å². The van der Waals surface area contributed by atoms with Gasteiger partial charge < -0.3 is 20.6 Å². The van der Waals surface area contributed by atoms with Gasteiger partial charge in [-0.05, 0) is 43.7 Å². The summed E-state index contributed by atoms with van der Waals surface area (Å²) in [5, 5.41) is 15.7. The average molecular weight is 346 g/mol. The first-order valence-corrected chi connectivity index (χ1v) is 9.41. The third kappa shape index (κ3) is 4.42. The summed E-state index contributed by atoms with van der Waals surface area (Å²) in [5.41, 5.74) is 1.05. The van der Waals surface area contributed by atoms with E-state index >= 15 is 0 Å². The molecule has 3 N–H and O–H groups in total. The molecule has 2 aliphatic rings. The zero-order valence-corrected chi connectivity index (χ0v) is 15.1. The average Bonchev–Trinajstić information content (AvgIpc) is 3.02. The van der Waals surface area contributed by atoms with E-state index in [1.807, 2.05) is 24.5 Å². The van der Waals surface area contributed by atoms with Crippen molar-refractivity contribution in [2.24, 2.45) is 11.3 Å². The molecule has 0 aromatic carbocycles. The molecule has 2 amide bonds. The lowest BCUT2D eigenvalue weighted by Gasteiger charge is -2.34. The highest BCUT2D eigenvalue weighted by Gasteiger charge is 2.39. The normalized spacial score (nSPS) is 27.3. The van der Waals surface area contributed by atoms with E-state index in [-0.39, 0.29) is 24.1 Å². The Labute approximate surface area is 150 Å². The van der Waals surface area contributed by atoms with Crippen molar-refractivity contribution in [1.29, 1.82) is 0 Å². The highest BCUT2D eigenvalue weighted by Crippen LogP contribution is 2.37. The molecule has 1 saturated carbocycles. The number of hydrogen-bond acceptors (Lipinski definition) is 4. The summed E-state index contributed by atoms with van der Waals surface area (Å²) in [5.74, 6) is 0.525. The van der Waals surface area contributed by atoms with Crippen LogP contribution in [0.5, 0.6) is 0 Å². The lowest BCUT2D eigenvalue weighted by molar-refractivity contribution is 0.121. The number of carbonyl (C=O) groups excluding carboxylic acids is 1. The van der Waals surface area contributed by atoms with E-state index in [2.05, 4.69) is 27.4 Å². The molecule has 6 nitrogen and oxygen atoms in total. The van der Waals surface area contributed by atoms with Crippen LogP contribution in [0.3, 0.4) is 0 Å². The van der Waals surface area contributed by atoms with Gasteiger partial charge >= 0.3 is 6.03 Å². The zero-order chi connectivity index (χ0) is 17.7. The number of nitrogens with zero attached hydrogens (tertiary/aromatic N) is 2. The van der Waals surface area contributed by atoms with Crippen LogP contribution in [0.25, 0.3) is 0 Å². The number of piperidine rings is 1. The highest BCUT2D eigenvalue weighted by molar-refractivity contribution is 5.74. The predicted octanol–water partition coefficient (Wildman–Crippen LogP) is 2.15. The summed E-state index contributed by atoms with van der Waals surface area (Å²) in [4.78, 5) is 18.7. The van der Waals surface area contributed by atoms with E-state index in [4.69, 9.17) is 0 Å². The van der Waals surface area contributed by atoms with Crippen molar-refractivity contribution in [1.82, 2.24) is 15.6 Å². The summed E-state index contributed by atoms with van der Waals surface area (Å²) in [6.07, 6.45) is 8.82. The molecule has 1 aliphatic carbocycles. The minimum absolute atomic E-state index is 0.0750. The number of anilines is 1. The van der Waals surface area contributed by atoms with Gasteiger partial charge in [-0.2, -0.15) is 0 Å². The van der Waals surface area contributed by atoms with Crippen molar-refractivity contribution in [2.75, 3.05) is 31.1 Å². The molecular formula is C19H30N4O2. The van der Waals surface area contributed by atoms with Crippen LogP contribution in [0.1, 0.15) is 39.0 Å². The minimum atomic E-state index is -0.173. The summed E-state index contributed by atoms with van der Waals surface area (Å²) < 4.78 is 0. The Balaban J connectivity index is 1.39. The fourth-order valence-electron chi connectivity index (χ4n) is 4.06. The van der Waals surface area contributed by atoms with Crippen LogP contribution in [-0.2, 0) is 0 Å². The molecule has 0 radical (unpaired) electrons.